The fraction of sp³-hybridized carbons (Fsp3) is 0.316. The summed E-state index contributed by atoms with van der Waals surface area (Å²) in [5.74, 6) is -1.15. The molecule has 10 nitrogen and oxygen atoms in total. The Morgan fingerprint density at radius 1 is 1.23 bits per heavy atom. The number of nitrogens with two attached hydrogens (primary N) is 1. The summed E-state index contributed by atoms with van der Waals surface area (Å²) in [5.41, 5.74) is 5.61. The van der Waals surface area contributed by atoms with Crippen LogP contribution < -0.4 is 21.1 Å². The number of amides is 3. The molecule has 31 heavy (non-hydrogen) atoms. The van der Waals surface area contributed by atoms with E-state index in [4.69, 9.17) is 10.5 Å². The Kier molecular flexibility index (Phi) is 6.71. The molecule has 1 fully saturated rings. The van der Waals surface area contributed by atoms with Gasteiger partial charge in [-0.3, -0.25) is 4.79 Å². The molecule has 0 aliphatic carbocycles. The number of aromatic nitrogens is 1. The van der Waals surface area contributed by atoms with Gasteiger partial charge in [0.15, 0.2) is 0 Å². The summed E-state index contributed by atoms with van der Waals surface area (Å²) < 4.78 is 44.6. The average Bonchev–Trinajstić information content (AvgIpc) is 2.67. The molecule has 0 bridgehead atoms. The summed E-state index contributed by atoms with van der Waals surface area (Å²) >= 11 is 0. The molecule has 166 valence electrons. The van der Waals surface area contributed by atoms with Crippen molar-refractivity contribution in [2.24, 2.45) is 5.73 Å². The standard InChI is InChI=1S/C19H22FN5O5S/c1-31(28,29)25-6-2-3-15(11-25)30-16-8-12(20)7-14(9-16)24-19(27)23-13-4-5-17(18(21)26)22-10-13/h4-5,7-10,15H,2-3,6,11H2,1H3,(H2,21,26)(H2,23,24,27). The van der Waals surface area contributed by atoms with Crippen LogP contribution in [0.2, 0.25) is 0 Å². The first-order valence-electron chi connectivity index (χ1n) is 9.36. The molecule has 2 heterocycles. The lowest BCUT2D eigenvalue weighted by Crippen LogP contribution is -2.43. The highest BCUT2D eigenvalue weighted by Crippen LogP contribution is 2.24. The molecule has 2 aromatic rings. The van der Waals surface area contributed by atoms with Gasteiger partial charge in [-0.25, -0.2) is 22.6 Å². The average molecular weight is 451 g/mol. The number of anilines is 2. The first-order valence-corrected chi connectivity index (χ1v) is 11.2. The van der Waals surface area contributed by atoms with Gasteiger partial charge in [-0.1, -0.05) is 0 Å². The number of urea groups is 1. The van der Waals surface area contributed by atoms with E-state index in [2.05, 4.69) is 15.6 Å². The van der Waals surface area contributed by atoms with Crippen molar-refractivity contribution in [3.8, 4) is 5.75 Å². The van der Waals surface area contributed by atoms with Crippen molar-refractivity contribution in [1.82, 2.24) is 9.29 Å². The van der Waals surface area contributed by atoms with Crippen LogP contribution in [0.15, 0.2) is 36.5 Å². The number of nitrogens with zero attached hydrogens (tertiary/aromatic N) is 2. The molecule has 3 amide bonds. The van der Waals surface area contributed by atoms with E-state index < -0.39 is 33.9 Å². The third-order valence-electron chi connectivity index (χ3n) is 4.52. The van der Waals surface area contributed by atoms with Crippen LogP contribution in [0.3, 0.4) is 0 Å². The predicted molar refractivity (Wildman–Crippen MR) is 112 cm³/mol. The lowest BCUT2D eigenvalue weighted by molar-refractivity contribution is 0.0995. The van der Waals surface area contributed by atoms with Crippen LogP contribution in [-0.2, 0) is 10.0 Å². The normalized spacial score (nSPS) is 17.0. The van der Waals surface area contributed by atoms with Gasteiger partial charge in [0.2, 0.25) is 10.0 Å². The fourth-order valence-corrected chi connectivity index (χ4v) is 4.00. The second kappa shape index (κ2) is 9.27. The predicted octanol–water partition coefficient (Wildman–Crippen LogP) is 1.77. The number of carbonyl (C=O) groups is 2. The molecule has 12 heteroatoms. The Morgan fingerprint density at radius 2 is 1.97 bits per heavy atom. The molecule has 1 aromatic carbocycles. The van der Waals surface area contributed by atoms with Gasteiger partial charge in [-0.05, 0) is 31.0 Å². The molecule has 4 N–H and O–H groups in total. The van der Waals surface area contributed by atoms with Crippen molar-refractivity contribution < 1.29 is 27.1 Å². The molecular formula is C19H22FN5O5S. The molecule has 1 aliphatic rings. The van der Waals surface area contributed by atoms with Crippen molar-refractivity contribution in [2.45, 2.75) is 18.9 Å². The van der Waals surface area contributed by atoms with E-state index >= 15 is 0 Å². The molecule has 1 saturated heterocycles. The summed E-state index contributed by atoms with van der Waals surface area (Å²) in [6.07, 6.45) is 3.22. The van der Waals surface area contributed by atoms with Gasteiger partial charge in [0, 0.05) is 24.4 Å². The van der Waals surface area contributed by atoms with Crippen LogP contribution in [-0.4, -0.2) is 55.1 Å². The maximum atomic E-state index is 14.0. The molecule has 1 atom stereocenters. The highest BCUT2D eigenvalue weighted by Gasteiger charge is 2.27. The number of halogens is 1. The molecule has 1 aliphatic heterocycles. The van der Waals surface area contributed by atoms with Gasteiger partial charge in [0.25, 0.3) is 5.91 Å². The van der Waals surface area contributed by atoms with Gasteiger partial charge in [-0.2, -0.15) is 4.31 Å². The van der Waals surface area contributed by atoms with Gasteiger partial charge in [-0.15, -0.1) is 0 Å². The Bertz CT molecular complexity index is 1080. The number of hydrogen-bond donors (Lipinski definition) is 3. The van der Waals surface area contributed by atoms with Gasteiger partial charge >= 0.3 is 6.03 Å². The van der Waals surface area contributed by atoms with Crippen LogP contribution in [0, 0.1) is 5.82 Å². The number of sulfonamides is 1. The smallest absolute Gasteiger partial charge is 0.323 e. The van der Waals surface area contributed by atoms with Crippen molar-refractivity contribution >= 4 is 33.3 Å². The van der Waals surface area contributed by atoms with Crippen LogP contribution in [0.4, 0.5) is 20.6 Å². The number of pyridine rings is 1. The Hall–Kier alpha value is -3.25. The number of hydrogen-bond acceptors (Lipinski definition) is 6. The second-order valence-corrected chi connectivity index (χ2v) is 9.04. The molecule has 0 radical (unpaired) electrons. The zero-order valence-corrected chi connectivity index (χ0v) is 17.5. The van der Waals surface area contributed by atoms with Crippen LogP contribution >= 0.6 is 0 Å². The number of rotatable bonds is 6. The third kappa shape index (κ3) is 6.36. The van der Waals surface area contributed by atoms with E-state index in [9.17, 15) is 22.4 Å². The SMILES string of the molecule is CS(=O)(=O)N1CCCC(Oc2cc(F)cc(NC(=O)Nc3ccc(C(N)=O)nc3)c2)C1. The minimum Gasteiger partial charge on any atom is -0.489 e. The molecular weight excluding hydrogens is 429 g/mol. The van der Waals surface area contributed by atoms with E-state index in [-0.39, 0.29) is 23.7 Å². The molecule has 1 unspecified atom stereocenters. The summed E-state index contributed by atoms with van der Waals surface area (Å²) in [5, 5.41) is 4.98. The summed E-state index contributed by atoms with van der Waals surface area (Å²) in [6, 6.07) is 5.86. The van der Waals surface area contributed by atoms with E-state index in [1.165, 1.54) is 28.7 Å². The van der Waals surface area contributed by atoms with E-state index in [1.807, 2.05) is 0 Å². The zero-order valence-electron chi connectivity index (χ0n) is 16.7. The van der Waals surface area contributed by atoms with Crippen LogP contribution in [0.5, 0.6) is 5.75 Å². The summed E-state index contributed by atoms with van der Waals surface area (Å²) in [6.45, 7) is 0.594. The minimum atomic E-state index is -3.34. The number of piperidine rings is 1. The lowest BCUT2D eigenvalue weighted by atomic mass is 10.1. The van der Waals surface area contributed by atoms with E-state index in [1.54, 1.807) is 0 Å². The highest BCUT2D eigenvalue weighted by molar-refractivity contribution is 7.88. The van der Waals surface area contributed by atoms with Crippen molar-refractivity contribution in [3.05, 3.63) is 48.0 Å². The number of nitrogens with one attached hydrogen (secondary N) is 2. The molecule has 3 rings (SSSR count). The third-order valence-corrected chi connectivity index (χ3v) is 5.79. The highest BCUT2D eigenvalue weighted by atomic mass is 32.2. The first kappa shape index (κ1) is 22.4. The van der Waals surface area contributed by atoms with Gasteiger partial charge in [0.1, 0.15) is 23.4 Å². The fourth-order valence-electron chi connectivity index (χ4n) is 3.10. The quantitative estimate of drug-likeness (QED) is 0.611. The number of primary amides is 1. The van der Waals surface area contributed by atoms with Crippen molar-refractivity contribution in [3.63, 3.8) is 0 Å². The number of carbonyl (C=O) groups excluding carboxylic acids is 2. The monoisotopic (exact) mass is 451 g/mol. The van der Waals surface area contributed by atoms with Gasteiger partial charge < -0.3 is 21.1 Å². The topological polar surface area (TPSA) is 144 Å². The maximum Gasteiger partial charge on any atom is 0.323 e. The number of benzene rings is 1. The lowest BCUT2D eigenvalue weighted by Gasteiger charge is -2.31. The van der Waals surface area contributed by atoms with Crippen molar-refractivity contribution in [1.29, 1.82) is 0 Å². The minimum absolute atomic E-state index is 0.0510. The van der Waals surface area contributed by atoms with E-state index in [0.717, 1.165) is 18.4 Å². The maximum absolute atomic E-state index is 14.0. The summed E-state index contributed by atoms with van der Waals surface area (Å²) in [4.78, 5) is 27.0. The van der Waals surface area contributed by atoms with Crippen molar-refractivity contribution in [2.75, 3.05) is 30.0 Å². The second-order valence-electron chi connectivity index (χ2n) is 7.05. The van der Waals surface area contributed by atoms with E-state index in [0.29, 0.717) is 25.1 Å². The van der Waals surface area contributed by atoms with Crippen LogP contribution in [0.25, 0.3) is 0 Å². The molecule has 1 aromatic heterocycles. The Balaban J connectivity index is 1.63. The first-order chi connectivity index (χ1) is 14.6. The zero-order chi connectivity index (χ0) is 22.6. The molecule has 0 spiro atoms. The summed E-state index contributed by atoms with van der Waals surface area (Å²) in [7, 11) is -3.34. The number of ether oxygens (including phenoxy) is 1. The van der Waals surface area contributed by atoms with Crippen LogP contribution in [0.1, 0.15) is 23.3 Å². The Labute approximate surface area is 178 Å². The molecule has 0 saturated carbocycles. The van der Waals surface area contributed by atoms with Gasteiger partial charge in [0.05, 0.1) is 24.7 Å². The largest absolute Gasteiger partial charge is 0.489 e. The Morgan fingerprint density at radius 3 is 2.61 bits per heavy atom.